The van der Waals surface area contributed by atoms with Gasteiger partial charge < -0.3 is 10.4 Å². The number of rotatable bonds is 3. The number of pyridine rings is 1. The number of amides is 1. The largest absolute Gasteiger partial charge is 0.477 e. The number of carbonyl (C=O) groups is 2. The van der Waals surface area contributed by atoms with E-state index in [9.17, 15) is 14.0 Å². The van der Waals surface area contributed by atoms with Crippen molar-refractivity contribution in [1.82, 2.24) is 4.98 Å². The number of carboxylic acids is 1. The second kappa shape index (κ2) is 5.66. The molecule has 1 amide bonds. The number of nitrogens with zero attached hydrogens (tertiary/aromatic N) is 1. The lowest BCUT2D eigenvalue weighted by atomic mass is 10.2. The Hall–Kier alpha value is -2.47. The molecule has 1 heterocycles. The van der Waals surface area contributed by atoms with Crippen LogP contribution in [0.3, 0.4) is 0 Å². The third-order valence-electron chi connectivity index (χ3n) is 2.38. The molecule has 1 aromatic heterocycles. The van der Waals surface area contributed by atoms with E-state index in [2.05, 4.69) is 10.3 Å². The van der Waals surface area contributed by atoms with E-state index in [1.807, 2.05) is 0 Å². The van der Waals surface area contributed by atoms with E-state index in [4.69, 9.17) is 16.7 Å². The lowest BCUT2D eigenvalue weighted by Crippen LogP contribution is -2.15. The molecular weight excluding hydrogens is 287 g/mol. The van der Waals surface area contributed by atoms with Crippen LogP contribution in [0.15, 0.2) is 36.4 Å². The summed E-state index contributed by atoms with van der Waals surface area (Å²) in [6.45, 7) is 0. The topological polar surface area (TPSA) is 79.3 Å². The highest BCUT2D eigenvalue weighted by Crippen LogP contribution is 2.22. The van der Waals surface area contributed by atoms with E-state index in [0.717, 1.165) is 12.1 Å². The Morgan fingerprint density at radius 1 is 1.20 bits per heavy atom. The zero-order valence-electron chi connectivity index (χ0n) is 9.93. The minimum absolute atomic E-state index is 0.0349. The van der Waals surface area contributed by atoms with Crippen LogP contribution >= 0.6 is 11.6 Å². The molecule has 0 spiro atoms. The molecule has 2 rings (SSSR count). The third-order valence-corrected chi connectivity index (χ3v) is 2.69. The van der Waals surface area contributed by atoms with Crippen LogP contribution in [0.2, 0.25) is 5.02 Å². The van der Waals surface area contributed by atoms with Gasteiger partial charge in [-0.1, -0.05) is 17.7 Å². The summed E-state index contributed by atoms with van der Waals surface area (Å²) in [4.78, 5) is 26.4. The fraction of sp³-hybridized carbons (Fsp3) is 0. The van der Waals surface area contributed by atoms with E-state index in [1.165, 1.54) is 24.3 Å². The molecule has 0 radical (unpaired) electrons. The summed E-state index contributed by atoms with van der Waals surface area (Å²) in [5, 5.41) is 11.3. The number of halogens is 2. The SMILES string of the molecule is O=C(O)c1cccc(C(=O)Nc2ccc(F)cc2Cl)n1. The molecule has 0 unspecified atom stereocenters. The molecule has 0 aliphatic carbocycles. The Morgan fingerprint density at radius 3 is 2.55 bits per heavy atom. The summed E-state index contributed by atoms with van der Waals surface area (Å²) < 4.78 is 12.9. The maximum atomic E-state index is 12.9. The lowest BCUT2D eigenvalue weighted by Gasteiger charge is -2.07. The molecule has 0 saturated carbocycles. The van der Waals surface area contributed by atoms with Crippen molar-refractivity contribution in [3.05, 3.63) is 58.6 Å². The number of benzene rings is 1. The van der Waals surface area contributed by atoms with Gasteiger partial charge in [-0.2, -0.15) is 0 Å². The monoisotopic (exact) mass is 294 g/mol. The zero-order chi connectivity index (χ0) is 14.7. The number of hydrogen-bond donors (Lipinski definition) is 2. The highest BCUT2D eigenvalue weighted by atomic mass is 35.5. The highest BCUT2D eigenvalue weighted by Gasteiger charge is 2.13. The van der Waals surface area contributed by atoms with E-state index in [-0.39, 0.29) is 22.1 Å². The van der Waals surface area contributed by atoms with Crippen molar-refractivity contribution in [2.75, 3.05) is 5.32 Å². The van der Waals surface area contributed by atoms with Crippen LogP contribution in [0.4, 0.5) is 10.1 Å². The Bertz CT molecular complexity index is 691. The van der Waals surface area contributed by atoms with Crippen LogP contribution < -0.4 is 5.32 Å². The molecule has 0 aliphatic rings. The van der Waals surface area contributed by atoms with Crippen molar-refractivity contribution in [3.63, 3.8) is 0 Å². The molecule has 0 aliphatic heterocycles. The van der Waals surface area contributed by atoms with E-state index in [1.54, 1.807) is 0 Å². The molecule has 1 aromatic carbocycles. The number of aromatic nitrogens is 1. The van der Waals surface area contributed by atoms with Crippen LogP contribution in [0, 0.1) is 5.82 Å². The van der Waals surface area contributed by atoms with Crippen molar-refractivity contribution in [2.45, 2.75) is 0 Å². The number of carboxylic acid groups (broad SMARTS) is 1. The standard InChI is InChI=1S/C13H8ClFN2O3/c14-8-6-7(15)4-5-9(8)17-12(18)10-2-1-3-11(16-10)13(19)20/h1-6H,(H,17,18)(H,19,20). The summed E-state index contributed by atoms with van der Waals surface area (Å²) in [5.41, 5.74) is -0.117. The predicted octanol–water partition coefficient (Wildman–Crippen LogP) is 2.82. The number of carbonyl (C=O) groups excluding carboxylic acids is 1. The number of aromatic carboxylic acids is 1. The van der Waals surface area contributed by atoms with Crippen LogP contribution in [0.5, 0.6) is 0 Å². The molecule has 20 heavy (non-hydrogen) atoms. The fourth-order valence-electron chi connectivity index (χ4n) is 1.46. The van der Waals surface area contributed by atoms with Crippen LogP contribution in [0.1, 0.15) is 21.0 Å². The summed E-state index contributed by atoms with van der Waals surface area (Å²) >= 11 is 5.77. The second-order valence-corrected chi connectivity index (χ2v) is 4.20. The Labute approximate surface area is 118 Å². The normalized spacial score (nSPS) is 10.1. The third kappa shape index (κ3) is 3.10. The van der Waals surface area contributed by atoms with Gasteiger partial charge in [-0.05, 0) is 30.3 Å². The average molecular weight is 295 g/mol. The molecule has 5 nitrogen and oxygen atoms in total. The van der Waals surface area contributed by atoms with E-state index >= 15 is 0 Å². The molecule has 0 saturated heterocycles. The van der Waals surface area contributed by atoms with Gasteiger partial charge in [0.05, 0.1) is 10.7 Å². The van der Waals surface area contributed by atoms with Crippen LogP contribution in [-0.2, 0) is 0 Å². The Kier molecular flexibility index (Phi) is 3.95. The Balaban J connectivity index is 2.24. The molecule has 0 atom stereocenters. The van der Waals surface area contributed by atoms with Crippen LogP contribution in [0.25, 0.3) is 0 Å². The minimum atomic E-state index is -1.24. The van der Waals surface area contributed by atoms with Gasteiger partial charge in [0.2, 0.25) is 0 Å². The van der Waals surface area contributed by atoms with E-state index < -0.39 is 17.7 Å². The maximum absolute atomic E-state index is 12.9. The van der Waals surface area contributed by atoms with E-state index in [0.29, 0.717) is 0 Å². The summed E-state index contributed by atoms with van der Waals surface area (Å²) in [5.74, 6) is -2.40. The Morgan fingerprint density at radius 2 is 1.90 bits per heavy atom. The van der Waals surface area contributed by atoms with Crippen molar-refractivity contribution in [2.24, 2.45) is 0 Å². The molecule has 102 valence electrons. The van der Waals surface area contributed by atoms with Gasteiger partial charge in [0, 0.05) is 0 Å². The number of hydrogen-bond acceptors (Lipinski definition) is 3. The van der Waals surface area contributed by atoms with Crippen molar-refractivity contribution >= 4 is 29.2 Å². The first-order valence-electron chi connectivity index (χ1n) is 5.44. The first-order chi connectivity index (χ1) is 9.47. The molecule has 7 heteroatoms. The summed E-state index contributed by atoms with van der Waals surface area (Å²) in [6.07, 6.45) is 0. The van der Waals surface area contributed by atoms with Gasteiger partial charge in [-0.3, -0.25) is 4.79 Å². The van der Waals surface area contributed by atoms with Gasteiger partial charge in [-0.25, -0.2) is 14.2 Å². The minimum Gasteiger partial charge on any atom is -0.477 e. The van der Waals surface area contributed by atoms with Crippen LogP contribution in [-0.4, -0.2) is 22.0 Å². The summed E-state index contributed by atoms with van der Waals surface area (Å²) in [7, 11) is 0. The zero-order valence-corrected chi connectivity index (χ0v) is 10.7. The second-order valence-electron chi connectivity index (χ2n) is 3.79. The van der Waals surface area contributed by atoms with Gasteiger partial charge >= 0.3 is 5.97 Å². The first-order valence-corrected chi connectivity index (χ1v) is 5.82. The smallest absolute Gasteiger partial charge is 0.354 e. The maximum Gasteiger partial charge on any atom is 0.354 e. The van der Waals surface area contributed by atoms with Gasteiger partial charge in [-0.15, -0.1) is 0 Å². The quantitative estimate of drug-likeness (QED) is 0.912. The average Bonchev–Trinajstić information content (AvgIpc) is 2.42. The van der Waals surface area contributed by atoms with Crippen molar-refractivity contribution in [1.29, 1.82) is 0 Å². The summed E-state index contributed by atoms with van der Waals surface area (Å²) in [6, 6.07) is 7.53. The molecule has 2 N–H and O–H groups in total. The molecular formula is C13H8ClFN2O3. The molecule has 0 fully saturated rings. The van der Waals surface area contributed by atoms with Crippen molar-refractivity contribution < 1.29 is 19.1 Å². The predicted molar refractivity (Wildman–Crippen MR) is 70.6 cm³/mol. The highest BCUT2D eigenvalue weighted by molar-refractivity contribution is 6.33. The molecule has 0 bridgehead atoms. The van der Waals surface area contributed by atoms with Gasteiger partial charge in [0.25, 0.3) is 5.91 Å². The molecule has 2 aromatic rings. The fourth-order valence-corrected chi connectivity index (χ4v) is 1.67. The van der Waals surface area contributed by atoms with Gasteiger partial charge in [0.15, 0.2) is 0 Å². The lowest BCUT2D eigenvalue weighted by molar-refractivity contribution is 0.0690. The number of anilines is 1. The van der Waals surface area contributed by atoms with Crippen molar-refractivity contribution in [3.8, 4) is 0 Å². The first kappa shape index (κ1) is 14.0. The number of nitrogens with one attached hydrogen (secondary N) is 1. The van der Waals surface area contributed by atoms with Gasteiger partial charge in [0.1, 0.15) is 17.2 Å².